The Labute approximate surface area is 779 Å². The van der Waals surface area contributed by atoms with Crippen LogP contribution in [0.1, 0.15) is 163 Å². The number of aromatic hydroxyl groups is 1. The van der Waals surface area contributed by atoms with E-state index in [1.807, 2.05) is 38.1 Å². The predicted octanol–water partition coefficient (Wildman–Crippen LogP) is 13.7. The van der Waals surface area contributed by atoms with E-state index in [2.05, 4.69) is 26.6 Å². The van der Waals surface area contributed by atoms with Crippen LogP contribution < -0.4 is 32.1 Å². The maximum atomic E-state index is 13.1. The van der Waals surface area contributed by atoms with Crippen molar-refractivity contribution in [3.05, 3.63) is 305 Å². The number of amides is 9. The summed E-state index contributed by atoms with van der Waals surface area (Å²) in [5.41, 5.74) is 13.3. The van der Waals surface area contributed by atoms with Crippen molar-refractivity contribution in [2.45, 2.75) is 160 Å². The molecule has 9 amide bonds. The van der Waals surface area contributed by atoms with Gasteiger partial charge in [-0.15, -0.1) is 0 Å². The van der Waals surface area contributed by atoms with Crippen LogP contribution in [0, 0.1) is 19.7 Å². The number of likely N-dealkylation sites (N-methyl/N-ethyl adjacent to an activating group) is 4. The van der Waals surface area contributed by atoms with Crippen LogP contribution in [-0.2, 0) is 137 Å². The average molecular weight is 1910 g/mol. The second kappa shape index (κ2) is 38.6. The maximum Gasteiger partial charge on any atom is 0.266 e. The maximum absolute atomic E-state index is 13.1. The molecule has 8 aliphatic rings. The zero-order valence-corrected chi connectivity index (χ0v) is 78.1. The molecule has 694 valence electrons. The van der Waals surface area contributed by atoms with Gasteiger partial charge in [-0.25, -0.2) is 55.3 Å². The number of para-hydroxylation sites is 2. The molecule has 11 aromatic rings. The number of pyridine rings is 1. The molecule has 6 N–H and O–H groups in total. The van der Waals surface area contributed by atoms with Crippen LogP contribution >= 0.6 is 11.6 Å². The summed E-state index contributed by atoms with van der Waals surface area (Å²) in [7, 11) is -9.61. The Kier molecular flexibility index (Phi) is 27.4. The summed E-state index contributed by atoms with van der Waals surface area (Å²) in [6.07, 6.45) is 14.5. The number of benzene rings is 10. The van der Waals surface area contributed by atoms with E-state index in [1.54, 1.807) is 152 Å². The van der Waals surface area contributed by atoms with E-state index in [0.29, 0.717) is 61.5 Å². The lowest BCUT2D eigenvalue weighted by Crippen LogP contribution is -2.46. The van der Waals surface area contributed by atoms with Crippen molar-refractivity contribution >= 4 is 144 Å². The highest BCUT2D eigenvalue weighted by atomic mass is 35.5. The second-order valence-electron chi connectivity index (χ2n) is 34.1. The number of sulfonamides is 4. The molecule has 29 nitrogen and oxygen atoms in total. The molecule has 0 bridgehead atoms. The topological polar surface area (TPSA) is 406 Å². The zero-order chi connectivity index (χ0) is 95.9. The van der Waals surface area contributed by atoms with Gasteiger partial charge in [-0.2, -0.15) is 0 Å². The number of nitrogens with zero attached hydrogens (tertiary/aromatic N) is 5. The van der Waals surface area contributed by atoms with Crippen molar-refractivity contribution in [2.75, 3.05) is 54.8 Å². The van der Waals surface area contributed by atoms with Crippen molar-refractivity contribution in [1.82, 2.24) is 21.8 Å². The minimum atomic E-state index is -3.99. The zero-order valence-electron chi connectivity index (χ0n) is 74.1. The summed E-state index contributed by atoms with van der Waals surface area (Å²) in [6.45, 7) is 3.81. The molecule has 10 aromatic carbocycles. The molecule has 0 saturated heterocycles. The van der Waals surface area contributed by atoms with Crippen molar-refractivity contribution in [1.29, 1.82) is 0 Å². The summed E-state index contributed by atoms with van der Waals surface area (Å²) in [5, 5.41) is 25.2. The van der Waals surface area contributed by atoms with Crippen LogP contribution in [0.15, 0.2) is 225 Å². The van der Waals surface area contributed by atoms with Gasteiger partial charge in [0.2, 0.25) is 29.5 Å². The second-order valence-corrected chi connectivity index (χ2v) is 42.3. The molecule has 0 saturated carbocycles. The van der Waals surface area contributed by atoms with Crippen LogP contribution in [0.3, 0.4) is 0 Å². The largest absolute Gasteiger partial charge is 0.494 e. The standard InChI is InChI=1S/C21H22N2O4S.C20H19ClN2O4S.C20H19FN2O4S.C20H20N2O4S.C18H16N2O3/c1-13-7-9-16(10-8-13)22-20(24)19-17-11-14-5-3-4-6-15(14)12-18(17)28(26,27)23(2)21(19)25;2*1-23-20(25)18(19(24)22-15-8-6-14(21)7-9-15)16-10-12-4-2-3-5-13(12)11-17(16)28(23,26)27;1-22-20(24)18(19(23)21-15-9-3-2-4-10-15)16-11-13-7-5-6-8-14(13)12-17(16)27(22,25)26;1-11-8-9-13-14(10-11)15(18(23)20(2)17(13)22)16(21)19-12-6-4-3-5-7-12/h7-12,19H,3-6H2,1-2H3,(H,22,24);2*6-11,18H,2-5H2,1H3,(H,22,24);2-4,9-12,18H,5-8H2,1H3,(H,21,23);3-10,23H,1-2H3,(H,19,21). The third kappa shape index (κ3) is 19.0. The highest BCUT2D eigenvalue weighted by Gasteiger charge is 2.50. The van der Waals surface area contributed by atoms with E-state index in [0.717, 1.165) is 170 Å². The Balaban J connectivity index is 0.000000128. The van der Waals surface area contributed by atoms with Crippen LogP contribution in [0.5, 0.6) is 5.88 Å². The molecule has 1 aromatic heterocycles. The first-order chi connectivity index (χ1) is 63.7. The molecule has 4 aliphatic heterocycles. The lowest BCUT2D eigenvalue weighted by Gasteiger charge is -2.32. The molecule has 19 rings (SSSR count). The fourth-order valence-electron chi connectivity index (χ4n) is 17.9. The highest BCUT2D eigenvalue weighted by molar-refractivity contribution is 7.90. The summed E-state index contributed by atoms with van der Waals surface area (Å²) in [5.74, 6) is -11.4. The van der Waals surface area contributed by atoms with Gasteiger partial charge in [-0.1, -0.05) is 108 Å². The molecule has 0 radical (unpaired) electrons. The van der Waals surface area contributed by atoms with E-state index in [4.69, 9.17) is 11.6 Å². The van der Waals surface area contributed by atoms with E-state index in [-0.39, 0.29) is 58.8 Å². The van der Waals surface area contributed by atoms with Crippen LogP contribution in [0.25, 0.3) is 10.8 Å². The van der Waals surface area contributed by atoms with Gasteiger partial charge < -0.3 is 31.7 Å². The Hall–Kier alpha value is -13.5. The third-order valence-electron chi connectivity index (χ3n) is 25.3. The minimum Gasteiger partial charge on any atom is -0.494 e. The van der Waals surface area contributed by atoms with Gasteiger partial charge in [0.15, 0.2) is 0 Å². The van der Waals surface area contributed by atoms with E-state index in [9.17, 15) is 91.1 Å². The van der Waals surface area contributed by atoms with Crippen molar-refractivity contribution in [2.24, 2.45) is 7.05 Å². The Morgan fingerprint density at radius 2 is 0.597 bits per heavy atom. The van der Waals surface area contributed by atoms with Gasteiger partial charge in [0.05, 0.1) is 19.6 Å². The number of hydrogen-bond donors (Lipinski definition) is 6. The molecule has 4 atom stereocenters. The molecular formula is C99H96ClFN10O19S4. The summed E-state index contributed by atoms with van der Waals surface area (Å²) >= 11 is 5.86. The fourth-order valence-corrected chi connectivity index (χ4v) is 23.6. The lowest BCUT2D eigenvalue weighted by atomic mass is 9.86. The van der Waals surface area contributed by atoms with Crippen molar-refractivity contribution < 1.29 is 86.3 Å². The molecule has 0 spiro atoms. The van der Waals surface area contributed by atoms with Crippen molar-refractivity contribution in [3.63, 3.8) is 0 Å². The van der Waals surface area contributed by atoms with Crippen LogP contribution in [-0.4, -0.2) is 142 Å². The number of nitrogens with one attached hydrogen (secondary N) is 5. The average Bonchev–Trinajstić information content (AvgIpc) is 0.739. The number of fused-ring (bicyclic) bond motifs is 9. The molecule has 0 fully saturated rings. The number of carbonyl (C=O) groups is 9. The molecular weight excluding hydrogens is 1820 g/mol. The van der Waals surface area contributed by atoms with E-state index in [1.165, 1.54) is 52.5 Å². The van der Waals surface area contributed by atoms with E-state index >= 15 is 0 Å². The van der Waals surface area contributed by atoms with Crippen molar-refractivity contribution in [3.8, 4) is 5.88 Å². The molecule has 4 aliphatic carbocycles. The molecule has 5 heterocycles. The summed E-state index contributed by atoms with van der Waals surface area (Å²) < 4.78 is 119. The molecule has 4 unspecified atom stereocenters. The Morgan fingerprint density at radius 1 is 0.336 bits per heavy atom. The number of hydrogen-bond acceptors (Lipinski definition) is 19. The SMILES string of the molecule is CN1C(=O)C(C(=O)Nc2ccc(Cl)cc2)c2cc3c(cc2S1(=O)=O)CCCC3.CN1C(=O)C(C(=O)Nc2ccc(F)cc2)c2cc3c(cc2S1(=O)=O)CCCC3.CN1C(=O)C(C(=O)Nc2ccccc2)c2cc3c(cc2S1(=O)=O)CCCC3.Cc1ccc(NC(=O)C2C(=O)N(C)S(=O)(=O)c3cc4c(cc32)CCCC4)cc1.Cc1ccc2c(=O)n(C)c(O)c(C(=O)Nc3ccccc3)c2c1. The highest BCUT2D eigenvalue weighted by Crippen LogP contribution is 2.45. The number of aromatic nitrogens is 1. The number of halogens is 2. The fraction of sp³-hybridized carbons (Fsp3) is 0.273. The lowest BCUT2D eigenvalue weighted by molar-refractivity contribution is -0.134. The van der Waals surface area contributed by atoms with Gasteiger partial charge in [-0.3, -0.25) is 52.5 Å². The predicted molar refractivity (Wildman–Crippen MR) is 503 cm³/mol. The van der Waals surface area contributed by atoms with Gasteiger partial charge in [-0.05, 0) is 299 Å². The van der Waals surface area contributed by atoms with E-state index < -0.39 is 123 Å². The number of anilines is 5. The van der Waals surface area contributed by atoms with Crippen LogP contribution in [0.4, 0.5) is 32.8 Å². The van der Waals surface area contributed by atoms with Gasteiger partial charge in [0, 0.05) is 79.5 Å². The molecule has 134 heavy (non-hydrogen) atoms. The quantitative estimate of drug-likeness (QED) is 0.0693. The third-order valence-corrected chi connectivity index (χ3v) is 32.8. The molecule has 35 heteroatoms. The summed E-state index contributed by atoms with van der Waals surface area (Å²) in [6, 6.07) is 55.4. The first-order valence-corrected chi connectivity index (χ1v) is 49.7. The van der Waals surface area contributed by atoms with Gasteiger partial charge in [0.1, 0.15) is 35.1 Å². The Morgan fingerprint density at radius 3 is 0.903 bits per heavy atom. The van der Waals surface area contributed by atoms with Gasteiger partial charge >= 0.3 is 0 Å². The minimum absolute atomic E-state index is 0.00880. The van der Waals surface area contributed by atoms with Gasteiger partial charge in [0.25, 0.3) is 75.2 Å². The monoisotopic (exact) mass is 1910 g/mol. The number of carbonyl (C=O) groups excluding carboxylic acids is 9. The first kappa shape index (κ1) is 95.1. The smallest absolute Gasteiger partial charge is 0.266 e. The Bertz CT molecular complexity index is 6800. The normalized spacial score (nSPS) is 18.7. The number of aryl methyl sites for hydroxylation is 10. The van der Waals surface area contributed by atoms with Crippen LogP contribution in [0.2, 0.25) is 5.02 Å². The number of rotatable bonds is 10. The summed E-state index contributed by atoms with van der Waals surface area (Å²) in [4.78, 5) is 128. The first-order valence-electron chi connectivity index (χ1n) is 43.5.